The third-order valence-electron chi connectivity index (χ3n) is 4.43. The Morgan fingerprint density at radius 2 is 1.03 bits per heavy atom. The molecule has 2 N–H and O–H groups in total. The number of hydrogen-bond acceptors (Lipinski definition) is 1. The molecule has 1 heterocycles. The van der Waals surface area contributed by atoms with E-state index < -0.39 is 0 Å². The summed E-state index contributed by atoms with van der Waals surface area (Å²) in [6.45, 7) is 13.9. The molecule has 0 atom stereocenters. The van der Waals surface area contributed by atoms with Crippen molar-refractivity contribution in [2.75, 3.05) is 0 Å². The van der Waals surface area contributed by atoms with Crippen LogP contribution in [-0.4, -0.2) is 12.4 Å². The van der Waals surface area contributed by atoms with Crippen molar-refractivity contribution in [1.29, 1.82) is 0 Å². The molecule has 0 aliphatic heterocycles. The first-order valence-corrected chi connectivity index (χ1v) is 12.3. The Balaban J connectivity index is 0. The van der Waals surface area contributed by atoms with Gasteiger partial charge in [-0.2, -0.15) is 0 Å². The molecule has 0 aliphatic carbocycles. The van der Waals surface area contributed by atoms with E-state index >= 15 is 0 Å². The molecule has 0 fully saturated rings. The van der Waals surface area contributed by atoms with Crippen LogP contribution in [-0.2, 0) is 0 Å². The first kappa shape index (κ1) is 30.3. The van der Waals surface area contributed by atoms with Gasteiger partial charge in [-0.3, -0.25) is 0 Å². The van der Waals surface area contributed by atoms with Gasteiger partial charge in [0.1, 0.15) is 0 Å². The molecule has 2 heteroatoms. The Labute approximate surface area is 185 Å². The van der Waals surface area contributed by atoms with E-state index in [2.05, 4.69) is 13.5 Å². The van der Waals surface area contributed by atoms with Crippen LogP contribution in [0.1, 0.15) is 124 Å². The van der Waals surface area contributed by atoms with Gasteiger partial charge in [0.25, 0.3) is 0 Å². The molecule has 1 rings (SSSR count). The van der Waals surface area contributed by atoms with Gasteiger partial charge < -0.3 is 5.73 Å². The van der Waals surface area contributed by atoms with Gasteiger partial charge >= 0.3 is 37.0 Å². The molecule has 1 nitrogen and oxygen atoms in total. The van der Waals surface area contributed by atoms with Gasteiger partial charge in [0.05, 0.1) is 0 Å². The molecule has 168 valence electrons. The molecule has 1 aromatic rings. The number of unbranched alkanes of at least 4 members (excludes halogenated alkanes) is 14. The zero-order chi connectivity index (χ0) is 22.1. The standard InChI is InChI=1S/C18H36.C5H5B.C4H11N/c1-3-5-7-9-11-13-15-17-18-16-14-12-10-8-6-4-2;1-2-4-6-5-3-1;1-4(2,3)5/h3H,1,4-18H2,2H3;1-5H;5H2,1-3H3. The van der Waals surface area contributed by atoms with Crippen LogP contribution < -0.4 is 5.73 Å². The van der Waals surface area contributed by atoms with Crippen LogP contribution in [0, 0.1) is 0 Å². The van der Waals surface area contributed by atoms with E-state index in [4.69, 9.17) is 5.73 Å². The van der Waals surface area contributed by atoms with Crippen molar-refractivity contribution >= 4 is 6.91 Å². The Kier molecular flexibility index (Phi) is 26.3. The van der Waals surface area contributed by atoms with Crippen LogP contribution >= 0.6 is 0 Å². The van der Waals surface area contributed by atoms with Gasteiger partial charge in [-0.1, -0.05) is 96.5 Å². The zero-order valence-electron chi connectivity index (χ0n) is 20.4. The fraction of sp³-hybridized carbons (Fsp3) is 0.741. The van der Waals surface area contributed by atoms with Gasteiger partial charge in [0, 0.05) is 5.54 Å². The van der Waals surface area contributed by atoms with Crippen molar-refractivity contribution in [3.05, 3.63) is 42.8 Å². The van der Waals surface area contributed by atoms with Crippen LogP contribution in [0.15, 0.2) is 42.8 Å². The normalized spacial score (nSPS) is 10.2. The second-order valence-electron chi connectivity index (χ2n) is 9.19. The number of rotatable bonds is 15. The molecule has 0 aromatic carbocycles. The SMILES string of the molecule is C=CCCCCCCCCCCCCCCCC.CC(C)(C)N.b1ccccc1. The summed E-state index contributed by atoms with van der Waals surface area (Å²) in [6, 6.07) is 6.00. The van der Waals surface area contributed by atoms with Crippen LogP contribution in [0.2, 0.25) is 0 Å². The Morgan fingerprint density at radius 3 is 1.28 bits per heavy atom. The van der Waals surface area contributed by atoms with Gasteiger partial charge in [-0.25, -0.2) is 0 Å². The Bertz CT molecular complexity index is 364. The third-order valence-corrected chi connectivity index (χ3v) is 4.43. The predicted molar refractivity (Wildman–Crippen MR) is 137 cm³/mol. The number of nitrogens with two attached hydrogens (primary N) is 1. The maximum atomic E-state index is 5.35. The second-order valence-corrected chi connectivity index (χ2v) is 9.19. The molecule has 0 amide bonds. The molecule has 1 aromatic heterocycles. The molecule has 29 heavy (non-hydrogen) atoms. The summed E-state index contributed by atoms with van der Waals surface area (Å²) in [6.07, 6.45) is 23.5. The van der Waals surface area contributed by atoms with E-state index in [1.807, 2.05) is 63.9 Å². The first-order valence-electron chi connectivity index (χ1n) is 12.3. The Hall–Kier alpha value is -0.885. The predicted octanol–water partition coefficient (Wildman–Crippen LogP) is 8.81. The van der Waals surface area contributed by atoms with E-state index in [1.54, 1.807) is 0 Å². The molecule has 0 aliphatic rings. The van der Waals surface area contributed by atoms with Gasteiger partial charge in [-0.05, 0) is 33.6 Å². The monoisotopic (exact) mass is 401 g/mol. The molecular weight excluding hydrogens is 349 g/mol. The van der Waals surface area contributed by atoms with Crippen molar-refractivity contribution in [2.45, 2.75) is 130 Å². The summed E-state index contributed by atoms with van der Waals surface area (Å²) in [5.74, 6) is 4.00. The van der Waals surface area contributed by atoms with Crippen molar-refractivity contribution in [2.24, 2.45) is 5.73 Å². The topological polar surface area (TPSA) is 26.0 Å². The van der Waals surface area contributed by atoms with E-state index in [0.29, 0.717) is 0 Å². The third kappa shape index (κ3) is 42.3. The zero-order valence-corrected chi connectivity index (χ0v) is 20.4. The van der Waals surface area contributed by atoms with Crippen LogP contribution in [0.25, 0.3) is 0 Å². The molecule has 0 unspecified atom stereocenters. The van der Waals surface area contributed by atoms with Gasteiger partial charge in [0.15, 0.2) is 0 Å². The Morgan fingerprint density at radius 1 is 0.690 bits per heavy atom. The van der Waals surface area contributed by atoms with E-state index in [1.165, 1.54) is 96.3 Å². The summed E-state index contributed by atoms with van der Waals surface area (Å²) < 4.78 is 0. The van der Waals surface area contributed by atoms with E-state index in [-0.39, 0.29) is 5.54 Å². The van der Waals surface area contributed by atoms with Crippen LogP contribution in [0.5, 0.6) is 0 Å². The van der Waals surface area contributed by atoms with Crippen LogP contribution in [0.3, 0.4) is 0 Å². The molecule has 0 saturated carbocycles. The summed E-state index contributed by atoms with van der Waals surface area (Å²) in [5.41, 5.74) is 5.35. The fourth-order valence-corrected chi connectivity index (χ4v) is 2.87. The quantitative estimate of drug-likeness (QED) is 0.230. The summed E-state index contributed by atoms with van der Waals surface area (Å²) in [4.78, 5) is 0. The van der Waals surface area contributed by atoms with Gasteiger partial charge in [0.2, 0.25) is 0 Å². The minimum absolute atomic E-state index is 0. The first-order chi connectivity index (χ1) is 13.9. The molecule has 0 radical (unpaired) electrons. The minimum atomic E-state index is 0. The van der Waals surface area contributed by atoms with Crippen molar-refractivity contribution in [3.8, 4) is 0 Å². The van der Waals surface area contributed by atoms with Gasteiger partial charge in [-0.15, -0.1) is 6.58 Å². The molecular formula is C27H52BN. The summed E-state index contributed by atoms with van der Waals surface area (Å²) in [5, 5.41) is 0. The van der Waals surface area contributed by atoms with Crippen molar-refractivity contribution in [3.63, 3.8) is 0 Å². The molecule has 0 saturated heterocycles. The van der Waals surface area contributed by atoms with E-state index in [0.717, 1.165) is 0 Å². The average molecular weight is 402 g/mol. The van der Waals surface area contributed by atoms with E-state index in [9.17, 15) is 0 Å². The number of hydrogen-bond donors (Lipinski definition) is 1. The van der Waals surface area contributed by atoms with Crippen molar-refractivity contribution in [1.82, 2.24) is 0 Å². The van der Waals surface area contributed by atoms with Crippen LogP contribution in [0.4, 0.5) is 0 Å². The van der Waals surface area contributed by atoms with Crippen molar-refractivity contribution < 1.29 is 0 Å². The average Bonchev–Trinajstić information content (AvgIpc) is 2.69. The molecule has 0 bridgehead atoms. The fourth-order valence-electron chi connectivity index (χ4n) is 2.87. The maximum absolute atomic E-state index is 5.35. The molecule has 0 spiro atoms. The number of allylic oxidation sites excluding steroid dienone is 1. The summed E-state index contributed by atoms with van der Waals surface area (Å²) >= 11 is 0. The summed E-state index contributed by atoms with van der Waals surface area (Å²) in [7, 11) is 0. The second kappa shape index (κ2) is 25.2.